The molecule has 12 heteroatoms. The van der Waals surface area contributed by atoms with Crippen molar-refractivity contribution in [3.63, 3.8) is 0 Å². The van der Waals surface area contributed by atoms with Gasteiger partial charge in [-0.3, -0.25) is 9.59 Å². The summed E-state index contributed by atoms with van der Waals surface area (Å²) in [4.78, 5) is 40.7. The zero-order valence-electron chi connectivity index (χ0n) is 25.8. The maximum absolute atomic E-state index is 13.2. The number of esters is 1. The van der Waals surface area contributed by atoms with Crippen LogP contribution in [0.15, 0.2) is 53.7 Å². The van der Waals surface area contributed by atoms with Crippen molar-refractivity contribution in [2.45, 2.75) is 50.7 Å². The molecule has 1 aromatic heterocycles. The number of thioether (sulfide) groups is 1. The second kappa shape index (κ2) is 14.1. The number of carbonyl (C=O) groups excluding carboxylic acids is 2. The first kappa shape index (κ1) is 32.6. The van der Waals surface area contributed by atoms with E-state index in [1.807, 2.05) is 43.0 Å². The standard InChI is InChI=1S/C33H38F3N5O3S/c1-4-44-31(43)26-7-6-14-41(20-26)30(42)25-12-10-24(11-13-25)21-45-32-37-23(3)22(2)29(38-32)40-17-15-39(16-18-40)28-9-5-8-27(19-28)33(34,35)36/h5,8-13,19,26H,4,6-7,14-18,20-21H2,1-3H3/t26-/m0/s1. The van der Waals surface area contributed by atoms with E-state index in [-0.39, 0.29) is 17.8 Å². The minimum Gasteiger partial charge on any atom is -0.466 e. The van der Waals surface area contributed by atoms with Crippen LogP contribution >= 0.6 is 11.8 Å². The lowest BCUT2D eigenvalue weighted by Gasteiger charge is -2.37. The second-order valence-electron chi connectivity index (χ2n) is 11.4. The van der Waals surface area contributed by atoms with Crippen LogP contribution < -0.4 is 9.80 Å². The molecular weight excluding hydrogens is 603 g/mol. The highest BCUT2D eigenvalue weighted by Crippen LogP contribution is 2.33. The molecule has 3 heterocycles. The number of piperidine rings is 1. The number of aryl methyl sites for hydroxylation is 1. The van der Waals surface area contributed by atoms with Crippen molar-refractivity contribution >= 4 is 35.1 Å². The zero-order chi connectivity index (χ0) is 32.1. The highest BCUT2D eigenvalue weighted by molar-refractivity contribution is 7.98. The van der Waals surface area contributed by atoms with Crippen molar-refractivity contribution < 1.29 is 27.5 Å². The number of amides is 1. The van der Waals surface area contributed by atoms with Crippen LogP contribution in [0, 0.1) is 19.8 Å². The molecule has 2 aliphatic rings. The monoisotopic (exact) mass is 641 g/mol. The predicted molar refractivity (Wildman–Crippen MR) is 169 cm³/mol. The summed E-state index contributed by atoms with van der Waals surface area (Å²) in [6.07, 6.45) is -2.87. The number of ether oxygens (including phenoxy) is 1. The van der Waals surface area contributed by atoms with Crippen molar-refractivity contribution in [3.8, 4) is 0 Å². The van der Waals surface area contributed by atoms with E-state index in [9.17, 15) is 22.8 Å². The van der Waals surface area contributed by atoms with Crippen LogP contribution in [0.2, 0.25) is 0 Å². The van der Waals surface area contributed by atoms with Gasteiger partial charge in [0.1, 0.15) is 5.82 Å². The van der Waals surface area contributed by atoms with Crippen molar-refractivity contribution in [2.75, 3.05) is 55.7 Å². The molecule has 2 fully saturated rings. The van der Waals surface area contributed by atoms with Gasteiger partial charge in [0.05, 0.1) is 18.1 Å². The van der Waals surface area contributed by atoms with Gasteiger partial charge >= 0.3 is 12.1 Å². The fourth-order valence-electron chi connectivity index (χ4n) is 5.70. The van der Waals surface area contributed by atoms with Crippen LogP contribution in [0.25, 0.3) is 0 Å². The molecule has 240 valence electrons. The number of piperazine rings is 1. The molecule has 5 rings (SSSR count). The van der Waals surface area contributed by atoms with E-state index in [1.165, 1.54) is 23.9 Å². The van der Waals surface area contributed by atoms with Gasteiger partial charge in [-0.05, 0) is 69.5 Å². The number of aromatic nitrogens is 2. The molecule has 2 saturated heterocycles. The SMILES string of the molecule is CCOC(=O)[C@H]1CCCN(C(=O)c2ccc(CSc3nc(C)c(C)c(N4CCN(c5cccc(C(F)(F)F)c5)CC4)n3)cc2)C1. The molecule has 8 nitrogen and oxygen atoms in total. The first-order chi connectivity index (χ1) is 21.5. The average molecular weight is 642 g/mol. The normalized spacial score (nSPS) is 17.4. The Kier molecular flexibility index (Phi) is 10.2. The number of benzene rings is 2. The topological polar surface area (TPSA) is 78.9 Å². The van der Waals surface area contributed by atoms with E-state index in [1.54, 1.807) is 17.9 Å². The van der Waals surface area contributed by atoms with Gasteiger partial charge in [-0.1, -0.05) is 30.0 Å². The Hall–Kier alpha value is -3.80. The fraction of sp³-hybridized carbons (Fsp3) is 0.455. The number of likely N-dealkylation sites (tertiary alicyclic amines) is 1. The number of hydrogen-bond donors (Lipinski definition) is 0. The Morgan fingerprint density at radius 1 is 0.978 bits per heavy atom. The highest BCUT2D eigenvalue weighted by Gasteiger charge is 2.32. The summed E-state index contributed by atoms with van der Waals surface area (Å²) in [5, 5.41) is 0.645. The minimum atomic E-state index is -4.37. The van der Waals surface area contributed by atoms with Gasteiger partial charge in [0, 0.05) is 67.5 Å². The van der Waals surface area contributed by atoms with E-state index in [2.05, 4.69) is 9.88 Å². The fourth-order valence-corrected chi connectivity index (χ4v) is 6.55. The molecule has 0 saturated carbocycles. The molecule has 0 unspecified atom stereocenters. The van der Waals surface area contributed by atoms with Crippen LogP contribution in [0.1, 0.15) is 52.5 Å². The molecule has 45 heavy (non-hydrogen) atoms. The number of anilines is 2. The number of rotatable bonds is 8. The Bertz CT molecular complexity index is 1510. The molecule has 2 aromatic carbocycles. The van der Waals surface area contributed by atoms with Crippen molar-refractivity contribution in [1.82, 2.24) is 14.9 Å². The molecule has 0 radical (unpaired) electrons. The Morgan fingerprint density at radius 2 is 1.69 bits per heavy atom. The van der Waals surface area contributed by atoms with Crippen LogP contribution in [-0.2, 0) is 21.5 Å². The van der Waals surface area contributed by atoms with E-state index in [4.69, 9.17) is 9.72 Å². The first-order valence-electron chi connectivity index (χ1n) is 15.2. The maximum atomic E-state index is 13.2. The molecule has 0 N–H and O–H groups in total. The third-order valence-corrected chi connectivity index (χ3v) is 9.28. The van der Waals surface area contributed by atoms with E-state index >= 15 is 0 Å². The van der Waals surface area contributed by atoms with Gasteiger partial charge in [-0.2, -0.15) is 13.2 Å². The Balaban J connectivity index is 1.18. The maximum Gasteiger partial charge on any atom is 0.416 e. The number of alkyl halides is 3. The van der Waals surface area contributed by atoms with Gasteiger partial charge in [-0.25, -0.2) is 9.97 Å². The van der Waals surface area contributed by atoms with Gasteiger partial charge in [0.2, 0.25) is 0 Å². The van der Waals surface area contributed by atoms with Gasteiger partial charge in [-0.15, -0.1) is 0 Å². The summed E-state index contributed by atoms with van der Waals surface area (Å²) in [5.41, 5.74) is 3.41. The molecule has 3 aromatic rings. The molecule has 1 atom stereocenters. The van der Waals surface area contributed by atoms with Gasteiger partial charge < -0.3 is 19.4 Å². The summed E-state index contributed by atoms with van der Waals surface area (Å²) >= 11 is 1.51. The van der Waals surface area contributed by atoms with Crippen LogP contribution in [0.4, 0.5) is 24.7 Å². The van der Waals surface area contributed by atoms with Crippen LogP contribution in [-0.4, -0.2) is 72.6 Å². The Morgan fingerprint density at radius 3 is 2.38 bits per heavy atom. The summed E-state index contributed by atoms with van der Waals surface area (Å²) in [6, 6.07) is 13.0. The molecular formula is C33H38F3N5O3S. The highest BCUT2D eigenvalue weighted by atomic mass is 32.2. The third kappa shape index (κ3) is 7.89. The van der Waals surface area contributed by atoms with Crippen molar-refractivity contribution in [1.29, 1.82) is 0 Å². The lowest BCUT2D eigenvalue weighted by atomic mass is 9.97. The average Bonchev–Trinajstić information content (AvgIpc) is 3.05. The van der Waals surface area contributed by atoms with E-state index < -0.39 is 11.7 Å². The number of carbonyl (C=O) groups is 2. The molecule has 0 bridgehead atoms. The zero-order valence-corrected chi connectivity index (χ0v) is 26.6. The largest absolute Gasteiger partial charge is 0.466 e. The number of nitrogens with zero attached hydrogens (tertiary/aromatic N) is 5. The van der Waals surface area contributed by atoms with E-state index in [0.29, 0.717) is 68.0 Å². The molecule has 0 spiro atoms. The van der Waals surface area contributed by atoms with Crippen molar-refractivity contribution in [2.24, 2.45) is 5.92 Å². The number of hydrogen-bond acceptors (Lipinski definition) is 8. The molecule has 1 amide bonds. The van der Waals surface area contributed by atoms with Crippen LogP contribution in [0.3, 0.4) is 0 Å². The molecule has 2 aliphatic heterocycles. The Labute approximate surface area is 266 Å². The van der Waals surface area contributed by atoms with Crippen molar-refractivity contribution in [3.05, 3.63) is 76.5 Å². The van der Waals surface area contributed by atoms with E-state index in [0.717, 1.165) is 41.5 Å². The lowest BCUT2D eigenvalue weighted by molar-refractivity contribution is -0.149. The summed E-state index contributed by atoms with van der Waals surface area (Å²) in [6.45, 7) is 9.49. The quantitative estimate of drug-likeness (QED) is 0.165. The van der Waals surface area contributed by atoms with Crippen LogP contribution in [0.5, 0.6) is 0 Å². The third-order valence-electron chi connectivity index (χ3n) is 8.36. The van der Waals surface area contributed by atoms with Gasteiger partial charge in [0.15, 0.2) is 5.16 Å². The lowest BCUT2D eigenvalue weighted by Crippen LogP contribution is -2.47. The minimum absolute atomic E-state index is 0.0847. The van der Waals surface area contributed by atoms with Gasteiger partial charge in [0.25, 0.3) is 5.91 Å². The number of halogens is 3. The first-order valence-corrected chi connectivity index (χ1v) is 16.2. The summed E-state index contributed by atoms with van der Waals surface area (Å²) in [5.74, 6) is 0.863. The molecule has 0 aliphatic carbocycles. The summed E-state index contributed by atoms with van der Waals surface area (Å²) in [7, 11) is 0. The summed E-state index contributed by atoms with van der Waals surface area (Å²) < 4.78 is 44.8. The predicted octanol–water partition coefficient (Wildman–Crippen LogP) is 6.15. The smallest absolute Gasteiger partial charge is 0.416 e. The second-order valence-corrected chi connectivity index (χ2v) is 12.3.